The molecule has 0 aliphatic carbocycles. The standard InChI is InChI=1S/C9H12NO5P/c1-9(8(11)12,16(13,14)15)5-7-3-2-4-10-6-7/h2-4,6H,5H2,1H3,(H,11,12)(H2,13,14,15). The molecular weight excluding hydrogens is 233 g/mol. The Morgan fingerprint density at radius 2 is 2.19 bits per heavy atom. The van der Waals surface area contributed by atoms with Gasteiger partial charge in [-0.15, -0.1) is 0 Å². The summed E-state index contributed by atoms with van der Waals surface area (Å²) < 4.78 is 11.2. The molecule has 1 rings (SSSR count). The molecular formula is C9H12NO5P. The summed E-state index contributed by atoms with van der Waals surface area (Å²) in [5.41, 5.74) is 0.468. The molecule has 16 heavy (non-hydrogen) atoms. The van der Waals surface area contributed by atoms with Crippen molar-refractivity contribution < 1.29 is 24.3 Å². The molecule has 6 nitrogen and oxygen atoms in total. The van der Waals surface area contributed by atoms with Gasteiger partial charge in [0.15, 0.2) is 5.16 Å². The van der Waals surface area contributed by atoms with Gasteiger partial charge in [-0.25, -0.2) is 0 Å². The molecule has 3 N–H and O–H groups in total. The lowest BCUT2D eigenvalue weighted by Gasteiger charge is -2.25. The molecule has 1 aromatic rings. The number of hydrogen-bond acceptors (Lipinski definition) is 3. The molecule has 0 bridgehead atoms. The van der Waals surface area contributed by atoms with Gasteiger partial charge in [-0.1, -0.05) is 6.07 Å². The summed E-state index contributed by atoms with van der Waals surface area (Å²) in [6.07, 6.45) is 2.62. The van der Waals surface area contributed by atoms with Crippen LogP contribution in [0, 0.1) is 0 Å². The van der Waals surface area contributed by atoms with E-state index in [1.54, 1.807) is 12.1 Å². The minimum Gasteiger partial charge on any atom is -0.480 e. The first-order valence-corrected chi connectivity index (χ1v) is 6.06. The van der Waals surface area contributed by atoms with Crippen LogP contribution in [0.15, 0.2) is 24.5 Å². The number of carboxylic acids is 1. The molecule has 0 aliphatic rings. The first-order chi connectivity index (χ1) is 7.27. The van der Waals surface area contributed by atoms with Gasteiger partial charge in [0.2, 0.25) is 0 Å². The molecule has 1 unspecified atom stereocenters. The van der Waals surface area contributed by atoms with Crippen LogP contribution in [-0.4, -0.2) is 31.0 Å². The van der Waals surface area contributed by atoms with Crippen LogP contribution in [-0.2, 0) is 15.8 Å². The summed E-state index contributed by atoms with van der Waals surface area (Å²) in [6, 6.07) is 3.15. The van der Waals surface area contributed by atoms with E-state index in [9.17, 15) is 9.36 Å². The van der Waals surface area contributed by atoms with Crippen LogP contribution in [0.2, 0.25) is 0 Å². The van der Waals surface area contributed by atoms with Crippen molar-refractivity contribution in [1.29, 1.82) is 0 Å². The smallest absolute Gasteiger partial charge is 0.342 e. The van der Waals surface area contributed by atoms with Crippen LogP contribution in [0.25, 0.3) is 0 Å². The summed E-state index contributed by atoms with van der Waals surface area (Å²) in [7, 11) is -4.74. The zero-order chi connectivity index (χ0) is 12.4. The number of carbonyl (C=O) groups is 1. The Morgan fingerprint density at radius 1 is 1.56 bits per heavy atom. The number of aliphatic carboxylic acids is 1. The molecule has 0 amide bonds. The number of nitrogens with zero attached hydrogens (tertiary/aromatic N) is 1. The van der Waals surface area contributed by atoms with Crippen LogP contribution in [0.5, 0.6) is 0 Å². The largest absolute Gasteiger partial charge is 0.480 e. The van der Waals surface area contributed by atoms with Gasteiger partial charge in [0.05, 0.1) is 0 Å². The second-order valence-corrected chi connectivity index (χ2v) is 5.74. The zero-order valence-electron chi connectivity index (χ0n) is 8.57. The Balaban J connectivity index is 3.08. The molecule has 0 aliphatic heterocycles. The summed E-state index contributed by atoms with van der Waals surface area (Å²) in [5.74, 6) is -1.52. The zero-order valence-corrected chi connectivity index (χ0v) is 9.46. The van der Waals surface area contributed by atoms with Gasteiger partial charge in [-0.2, -0.15) is 0 Å². The number of carboxylic acid groups (broad SMARTS) is 1. The average molecular weight is 245 g/mol. The van der Waals surface area contributed by atoms with Crippen molar-refractivity contribution in [1.82, 2.24) is 4.98 Å². The van der Waals surface area contributed by atoms with E-state index in [1.807, 2.05) is 0 Å². The van der Waals surface area contributed by atoms with Crippen LogP contribution >= 0.6 is 7.60 Å². The first kappa shape index (κ1) is 12.8. The molecule has 0 spiro atoms. The van der Waals surface area contributed by atoms with E-state index in [4.69, 9.17) is 14.9 Å². The Hall–Kier alpha value is -1.23. The highest BCUT2D eigenvalue weighted by Gasteiger charge is 2.49. The molecule has 1 heterocycles. The van der Waals surface area contributed by atoms with Crippen molar-refractivity contribution in [3.05, 3.63) is 30.1 Å². The lowest BCUT2D eigenvalue weighted by atomic mass is 10.0. The molecule has 0 aromatic carbocycles. The second kappa shape index (κ2) is 4.33. The minimum atomic E-state index is -4.74. The maximum Gasteiger partial charge on any atom is 0.342 e. The predicted molar refractivity (Wildman–Crippen MR) is 56.0 cm³/mol. The molecule has 7 heteroatoms. The normalized spacial score (nSPS) is 15.4. The predicted octanol–water partition coefficient (Wildman–Crippen LogP) is 0.645. The average Bonchev–Trinajstić information content (AvgIpc) is 2.17. The number of aromatic nitrogens is 1. The molecule has 0 fully saturated rings. The van der Waals surface area contributed by atoms with E-state index in [1.165, 1.54) is 12.4 Å². The van der Waals surface area contributed by atoms with Gasteiger partial charge in [0.25, 0.3) is 0 Å². The van der Waals surface area contributed by atoms with Crippen molar-refractivity contribution in [2.45, 2.75) is 18.5 Å². The number of rotatable bonds is 4. The number of hydrogen-bond donors (Lipinski definition) is 3. The SMILES string of the molecule is CC(Cc1cccnc1)(C(=O)O)P(=O)(O)O. The minimum absolute atomic E-state index is 0.263. The molecule has 88 valence electrons. The van der Waals surface area contributed by atoms with E-state index < -0.39 is 18.7 Å². The van der Waals surface area contributed by atoms with Crippen molar-refractivity contribution >= 4 is 13.6 Å². The highest BCUT2D eigenvalue weighted by Crippen LogP contribution is 2.52. The summed E-state index contributed by atoms with van der Waals surface area (Å²) in [5, 5.41) is 6.80. The van der Waals surface area contributed by atoms with Gasteiger partial charge in [-0.05, 0) is 18.6 Å². The fourth-order valence-corrected chi connectivity index (χ4v) is 1.84. The van der Waals surface area contributed by atoms with Crippen molar-refractivity contribution in [2.24, 2.45) is 0 Å². The molecule has 1 aromatic heterocycles. The third-order valence-corrected chi connectivity index (χ3v) is 4.01. The Labute approximate surface area is 92.1 Å². The summed E-state index contributed by atoms with van der Waals surface area (Å²) in [4.78, 5) is 32.9. The molecule has 1 atom stereocenters. The van der Waals surface area contributed by atoms with Crippen LogP contribution < -0.4 is 0 Å². The molecule has 0 saturated heterocycles. The Morgan fingerprint density at radius 3 is 2.56 bits per heavy atom. The van der Waals surface area contributed by atoms with Gasteiger partial charge >= 0.3 is 13.6 Å². The molecule has 0 radical (unpaired) electrons. The third-order valence-electron chi connectivity index (χ3n) is 2.37. The van der Waals surface area contributed by atoms with Gasteiger partial charge in [0, 0.05) is 18.8 Å². The fourth-order valence-electron chi connectivity index (χ4n) is 1.20. The van der Waals surface area contributed by atoms with E-state index in [0.717, 1.165) is 6.92 Å². The highest BCUT2D eigenvalue weighted by molar-refractivity contribution is 7.54. The quantitative estimate of drug-likeness (QED) is 0.672. The summed E-state index contributed by atoms with van der Waals surface area (Å²) in [6.45, 7) is 1.03. The Bertz CT molecular complexity index is 429. The van der Waals surface area contributed by atoms with Crippen molar-refractivity contribution in [3.63, 3.8) is 0 Å². The summed E-state index contributed by atoms with van der Waals surface area (Å²) >= 11 is 0. The first-order valence-electron chi connectivity index (χ1n) is 4.45. The maximum atomic E-state index is 11.2. The monoisotopic (exact) mass is 245 g/mol. The van der Waals surface area contributed by atoms with Gasteiger partial charge < -0.3 is 14.9 Å². The topological polar surface area (TPSA) is 108 Å². The van der Waals surface area contributed by atoms with Gasteiger partial charge in [0.1, 0.15) is 0 Å². The third kappa shape index (κ3) is 2.47. The highest BCUT2D eigenvalue weighted by atomic mass is 31.2. The van der Waals surface area contributed by atoms with Crippen LogP contribution in [0.3, 0.4) is 0 Å². The van der Waals surface area contributed by atoms with Crippen LogP contribution in [0.1, 0.15) is 12.5 Å². The molecule has 0 saturated carbocycles. The van der Waals surface area contributed by atoms with Crippen molar-refractivity contribution in [3.8, 4) is 0 Å². The van der Waals surface area contributed by atoms with Gasteiger partial charge in [-0.3, -0.25) is 14.3 Å². The van der Waals surface area contributed by atoms with Crippen LogP contribution in [0.4, 0.5) is 0 Å². The maximum absolute atomic E-state index is 11.2. The number of pyridine rings is 1. The second-order valence-electron chi connectivity index (χ2n) is 3.66. The fraction of sp³-hybridized carbons (Fsp3) is 0.333. The van der Waals surface area contributed by atoms with Crippen molar-refractivity contribution in [2.75, 3.05) is 0 Å². The lowest BCUT2D eigenvalue weighted by Crippen LogP contribution is -2.37. The van der Waals surface area contributed by atoms with E-state index in [-0.39, 0.29) is 6.42 Å². The van der Waals surface area contributed by atoms with E-state index in [0.29, 0.717) is 5.56 Å². The Kier molecular flexibility index (Phi) is 3.48. The lowest BCUT2D eigenvalue weighted by molar-refractivity contribution is -0.140. The van der Waals surface area contributed by atoms with E-state index in [2.05, 4.69) is 4.98 Å². The van der Waals surface area contributed by atoms with E-state index >= 15 is 0 Å².